The molecule has 0 radical (unpaired) electrons. The van der Waals surface area contributed by atoms with Crippen LogP contribution in [0.2, 0.25) is 0 Å². The second-order valence-electron chi connectivity index (χ2n) is 5.67. The topological polar surface area (TPSA) is 107 Å². The van der Waals surface area contributed by atoms with Crippen molar-refractivity contribution in [2.24, 2.45) is 5.10 Å². The summed E-state index contributed by atoms with van der Waals surface area (Å²) in [5.41, 5.74) is 3.73. The maximum absolute atomic E-state index is 11.8. The number of rotatable bonds is 8. The Labute approximate surface area is 175 Å². The third-order valence-electron chi connectivity index (χ3n) is 3.52. The fourth-order valence-electron chi connectivity index (χ4n) is 2.23. The van der Waals surface area contributed by atoms with Gasteiger partial charge in [0.1, 0.15) is 16.5 Å². The third-order valence-corrected chi connectivity index (χ3v) is 5.49. The zero-order valence-corrected chi connectivity index (χ0v) is 17.4. The van der Waals surface area contributed by atoms with E-state index in [4.69, 9.17) is 9.15 Å². The first-order chi connectivity index (χ1) is 14.0. The van der Waals surface area contributed by atoms with E-state index in [1.807, 2.05) is 6.92 Å². The molecule has 0 aliphatic heterocycles. The van der Waals surface area contributed by atoms with Crippen molar-refractivity contribution in [2.75, 3.05) is 12.4 Å². The number of amides is 1. The fourth-order valence-corrected chi connectivity index (χ4v) is 3.83. The molecule has 0 spiro atoms. The maximum Gasteiger partial charge on any atom is 0.338 e. The molecule has 0 unspecified atom stereocenters. The lowest BCUT2D eigenvalue weighted by atomic mass is 10.1. The SMILES string of the molecule is CCOC(=O)c1ccc(-c2ccc(C=NNC(=O)CSc3nnc(C)s3)o2)cc1. The van der Waals surface area contributed by atoms with Crippen LogP contribution in [-0.4, -0.2) is 40.6 Å². The van der Waals surface area contributed by atoms with Crippen LogP contribution in [0.15, 0.2) is 50.3 Å². The first kappa shape index (κ1) is 20.7. The summed E-state index contributed by atoms with van der Waals surface area (Å²) < 4.78 is 11.4. The summed E-state index contributed by atoms with van der Waals surface area (Å²) in [6.45, 7) is 3.95. The van der Waals surface area contributed by atoms with E-state index in [1.165, 1.54) is 29.3 Å². The zero-order valence-electron chi connectivity index (χ0n) is 15.7. The highest BCUT2D eigenvalue weighted by Gasteiger charge is 2.09. The summed E-state index contributed by atoms with van der Waals surface area (Å²) >= 11 is 2.74. The number of aromatic nitrogens is 2. The molecule has 1 N–H and O–H groups in total. The molecular weight excluding hydrogens is 412 g/mol. The van der Waals surface area contributed by atoms with Crippen molar-refractivity contribution < 1.29 is 18.7 Å². The zero-order chi connectivity index (χ0) is 20.6. The molecule has 2 aromatic heterocycles. The third kappa shape index (κ3) is 6.00. The number of esters is 1. The first-order valence-electron chi connectivity index (χ1n) is 8.67. The minimum atomic E-state index is -0.360. The Hall–Kier alpha value is -2.98. The van der Waals surface area contributed by atoms with Crippen molar-refractivity contribution in [3.63, 3.8) is 0 Å². The first-order valence-corrected chi connectivity index (χ1v) is 10.5. The van der Waals surface area contributed by atoms with Crippen LogP contribution in [0.5, 0.6) is 0 Å². The summed E-state index contributed by atoms with van der Waals surface area (Å²) in [4.78, 5) is 23.5. The highest BCUT2D eigenvalue weighted by Crippen LogP contribution is 2.23. The van der Waals surface area contributed by atoms with E-state index in [9.17, 15) is 9.59 Å². The average Bonchev–Trinajstić information content (AvgIpc) is 3.36. The van der Waals surface area contributed by atoms with Crippen molar-refractivity contribution in [3.8, 4) is 11.3 Å². The number of hydrazone groups is 1. The lowest BCUT2D eigenvalue weighted by Crippen LogP contribution is -2.19. The molecule has 0 saturated heterocycles. The quantitative estimate of drug-likeness (QED) is 0.252. The van der Waals surface area contributed by atoms with Gasteiger partial charge in [-0.1, -0.05) is 35.2 Å². The summed E-state index contributed by atoms with van der Waals surface area (Å²) in [7, 11) is 0. The van der Waals surface area contributed by atoms with E-state index in [2.05, 4.69) is 20.7 Å². The van der Waals surface area contributed by atoms with Crippen LogP contribution in [0.4, 0.5) is 0 Å². The minimum absolute atomic E-state index is 0.197. The van der Waals surface area contributed by atoms with Crippen LogP contribution in [0.25, 0.3) is 11.3 Å². The average molecular weight is 431 g/mol. The van der Waals surface area contributed by atoms with Crippen LogP contribution < -0.4 is 5.43 Å². The van der Waals surface area contributed by atoms with Gasteiger partial charge < -0.3 is 9.15 Å². The number of furan rings is 1. The fraction of sp³-hybridized carbons (Fsp3) is 0.211. The lowest BCUT2D eigenvalue weighted by molar-refractivity contribution is -0.118. The van der Waals surface area contributed by atoms with Gasteiger partial charge in [0, 0.05) is 5.56 Å². The Balaban J connectivity index is 1.51. The monoisotopic (exact) mass is 430 g/mol. The number of ether oxygens (including phenoxy) is 1. The molecule has 0 atom stereocenters. The van der Waals surface area contributed by atoms with Gasteiger partial charge in [-0.2, -0.15) is 5.10 Å². The van der Waals surface area contributed by atoms with Gasteiger partial charge in [-0.3, -0.25) is 4.79 Å². The van der Waals surface area contributed by atoms with Crippen LogP contribution in [0.1, 0.15) is 28.0 Å². The van der Waals surface area contributed by atoms with Gasteiger partial charge in [0.25, 0.3) is 5.91 Å². The molecule has 29 heavy (non-hydrogen) atoms. The number of carbonyl (C=O) groups excluding carboxylic acids is 2. The molecule has 10 heteroatoms. The van der Waals surface area contributed by atoms with Gasteiger partial charge in [-0.25, -0.2) is 10.2 Å². The molecule has 0 saturated carbocycles. The van der Waals surface area contributed by atoms with E-state index in [0.717, 1.165) is 14.9 Å². The van der Waals surface area contributed by atoms with Crippen LogP contribution in [0, 0.1) is 6.92 Å². The molecule has 3 rings (SSSR count). The standard InChI is InChI=1S/C19H18N4O4S2/c1-3-26-18(25)14-6-4-13(5-7-14)16-9-8-15(27-16)10-20-22-17(24)11-28-19-23-21-12(2)29-19/h4-10H,3,11H2,1-2H3,(H,22,24). The number of nitrogens with zero attached hydrogens (tertiary/aromatic N) is 3. The molecule has 1 aromatic carbocycles. The van der Waals surface area contributed by atoms with E-state index in [0.29, 0.717) is 23.7 Å². The van der Waals surface area contributed by atoms with Crippen molar-refractivity contribution in [3.05, 3.63) is 52.7 Å². The molecule has 150 valence electrons. The largest absolute Gasteiger partial charge is 0.462 e. The second-order valence-corrected chi connectivity index (χ2v) is 8.07. The number of hydrogen-bond acceptors (Lipinski definition) is 9. The molecule has 2 heterocycles. The Morgan fingerprint density at radius 1 is 1.24 bits per heavy atom. The van der Waals surface area contributed by atoms with Crippen molar-refractivity contribution >= 4 is 41.2 Å². The highest BCUT2D eigenvalue weighted by atomic mass is 32.2. The molecular formula is C19H18N4O4S2. The Morgan fingerprint density at radius 3 is 2.72 bits per heavy atom. The molecule has 0 bridgehead atoms. The molecule has 1 amide bonds. The highest BCUT2D eigenvalue weighted by molar-refractivity contribution is 8.01. The number of carbonyl (C=O) groups is 2. The van der Waals surface area contributed by atoms with Gasteiger partial charge in [-0.15, -0.1) is 10.2 Å². The van der Waals surface area contributed by atoms with Gasteiger partial charge >= 0.3 is 5.97 Å². The molecule has 0 aliphatic rings. The van der Waals surface area contributed by atoms with Gasteiger partial charge in [-0.05, 0) is 38.1 Å². The summed E-state index contributed by atoms with van der Waals surface area (Å²) in [5, 5.41) is 12.6. The molecule has 8 nitrogen and oxygen atoms in total. The number of thioether (sulfide) groups is 1. The van der Waals surface area contributed by atoms with E-state index >= 15 is 0 Å². The van der Waals surface area contributed by atoms with Crippen LogP contribution in [0.3, 0.4) is 0 Å². The minimum Gasteiger partial charge on any atom is -0.462 e. The Bertz CT molecular complexity index is 1010. The van der Waals surface area contributed by atoms with Crippen molar-refractivity contribution in [2.45, 2.75) is 18.2 Å². The number of benzene rings is 1. The van der Waals surface area contributed by atoms with Crippen molar-refractivity contribution in [1.82, 2.24) is 15.6 Å². The van der Waals surface area contributed by atoms with Gasteiger partial charge in [0.15, 0.2) is 4.34 Å². The number of nitrogens with one attached hydrogen (secondary N) is 1. The normalized spacial score (nSPS) is 11.0. The van der Waals surface area contributed by atoms with Gasteiger partial charge in [0.05, 0.1) is 24.1 Å². The van der Waals surface area contributed by atoms with E-state index in [1.54, 1.807) is 43.3 Å². The summed E-state index contributed by atoms with van der Waals surface area (Å²) in [6.07, 6.45) is 1.42. The predicted octanol–water partition coefficient (Wildman–Crippen LogP) is 3.53. The predicted molar refractivity (Wildman–Crippen MR) is 111 cm³/mol. The smallest absolute Gasteiger partial charge is 0.338 e. The lowest BCUT2D eigenvalue weighted by Gasteiger charge is -2.02. The second kappa shape index (κ2) is 9.99. The molecule has 0 fully saturated rings. The van der Waals surface area contributed by atoms with Crippen molar-refractivity contribution in [1.29, 1.82) is 0 Å². The van der Waals surface area contributed by atoms with Crippen LogP contribution >= 0.6 is 23.1 Å². The van der Waals surface area contributed by atoms with Crippen LogP contribution in [-0.2, 0) is 9.53 Å². The van der Waals surface area contributed by atoms with E-state index < -0.39 is 0 Å². The Morgan fingerprint density at radius 2 is 2.03 bits per heavy atom. The number of aryl methyl sites for hydroxylation is 1. The summed E-state index contributed by atoms with van der Waals surface area (Å²) in [6, 6.07) is 10.4. The summed E-state index contributed by atoms with van der Waals surface area (Å²) in [5.74, 6) is 0.696. The molecule has 0 aliphatic carbocycles. The Kier molecular flexibility index (Phi) is 7.14. The van der Waals surface area contributed by atoms with E-state index in [-0.39, 0.29) is 17.6 Å². The number of hydrogen-bond donors (Lipinski definition) is 1. The van der Waals surface area contributed by atoms with Gasteiger partial charge in [0.2, 0.25) is 0 Å². The molecule has 3 aromatic rings. The maximum atomic E-state index is 11.8.